The quantitative estimate of drug-likeness (QED) is 0.614. The van der Waals surface area contributed by atoms with Gasteiger partial charge in [-0.15, -0.1) is 0 Å². The number of amides is 1. The molecule has 7 nitrogen and oxygen atoms in total. The van der Waals surface area contributed by atoms with Crippen molar-refractivity contribution in [3.63, 3.8) is 0 Å². The standard InChI is InChI=1S/C24H24N2O5/c1-16(31-24(29)21-14-17-4-2-3-5-18(17)15-22(21)27)23(28)25-19-6-8-20(9-7-19)26-10-12-30-13-11-26/h2-9,14-16,27H,10-13H2,1H3,(H,25,28)/t16-/m0/s1. The zero-order valence-electron chi connectivity index (χ0n) is 17.2. The number of nitrogens with one attached hydrogen (secondary N) is 1. The van der Waals surface area contributed by atoms with Crippen LogP contribution in [0.3, 0.4) is 0 Å². The maximum absolute atomic E-state index is 12.5. The first-order valence-corrected chi connectivity index (χ1v) is 10.2. The Hall–Kier alpha value is -3.58. The summed E-state index contributed by atoms with van der Waals surface area (Å²) in [5.74, 6) is -1.39. The molecule has 1 aliphatic rings. The number of morpholine rings is 1. The van der Waals surface area contributed by atoms with Crippen LogP contribution in [-0.4, -0.2) is 49.4 Å². The third-order valence-corrected chi connectivity index (χ3v) is 5.25. The average Bonchev–Trinajstić information content (AvgIpc) is 2.79. The minimum Gasteiger partial charge on any atom is -0.507 e. The number of phenols is 1. The fraction of sp³-hybridized carbons (Fsp3) is 0.250. The van der Waals surface area contributed by atoms with Gasteiger partial charge in [0.25, 0.3) is 5.91 Å². The SMILES string of the molecule is C[C@H](OC(=O)c1cc2ccccc2cc1O)C(=O)Nc1ccc(N2CCOCC2)cc1. The number of anilines is 2. The second-order valence-corrected chi connectivity index (χ2v) is 7.40. The van der Waals surface area contributed by atoms with Crippen molar-refractivity contribution in [2.24, 2.45) is 0 Å². The van der Waals surface area contributed by atoms with E-state index in [4.69, 9.17) is 9.47 Å². The Balaban J connectivity index is 1.38. The molecular weight excluding hydrogens is 396 g/mol. The van der Waals surface area contributed by atoms with Gasteiger partial charge in [0, 0.05) is 24.5 Å². The molecule has 1 saturated heterocycles. The minimum atomic E-state index is -1.03. The summed E-state index contributed by atoms with van der Waals surface area (Å²) in [7, 11) is 0. The van der Waals surface area contributed by atoms with Crippen molar-refractivity contribution in [1.82, 2.24) is 0 Å². The number of esters is 1. The zero-order chi connectivity index (χ0) is 21.8. The van der Waals surface area contributed by atoms with Crippen molar-refractivity contribution >= 4 is 34.0 Å². The van der Waals surface area contributed by atoms with E-state index in [-0.39, 0.29) is 11.3 Å². The van der Waals surface area contributed by atoms with Gasteiger partial charge < -0.3 is 24.8 Å². The van der Waals surface area contributed by atoms with Gasteiger partial charge in [-0.05, 0) is 54.1 Å². The van der Waals surface area contributed by atoms with Crippen LogP contribution in [-0.2, 0) is 14.3 Å². The van der Waals surface area contributed by atoms with E-state index in [0.29, 0.717) is 18.9 Å². The second kappa shape index (κ2) is 9.06. The molecule has 7 heteroatoms. The lowest BCUT2D eigenvalue weighted by molar-refractivity contribution is -0.123. The summed E-state index contributed by atoms with van der Waals surface area (Å²) in [5, 5.41) is 14.5. The van der Waals surface area contributed by atoms with Gasteiger partial charge in [0.2, 0.25) is 0 Å². The lowest BCUT2D eigenvalue weighted by Crippen LogP contribution is -2.36. The number of rotatable bonds is 5. The molecule has 0 saturated carbocycles. The number of phenolic OH excluding ortho intramolecular Hbond substituents is 1. The molecule has 1 fully saturated rings. The Morgan fingerprint density at radius 1 is 1.03 bits per heavy atom. The van der Waals surface area contributed by atoms with Gasteiger partial charge in [-0.25, -0.2) is 4.79 Å². The number of hydrogen-bond acceptors (Lipinski definition) is 6. The van der Waals surface area contributed by atoms with Gasteiger partial charge >= 0.3 is 5.97 Å². The van der Waals surface area contributed by atoms with Crippen LogP contribution in [0.5, 0.6) is 5.75 Å². The van der Waals surface area contributed by atoms with Gasteiger partial charge in [-0.2, -0.15) is 0 Å². The Morgan fingerprint density at radius 3 is 2.35 bits per heavy atom. The predicted molar refractivity (Wildman–Crippen MR) is 119 cm³/mol. The molecule has 1 aliphatic heterocycles. The van der Waals surface area contributed by atoms with Gasteiger partial charge in [0.05, 0.1) is 13.2 Å². The number of aromatic hydroxyl groups is 1. The molecule has 3 aromatic rings. The lowest BCUT2D eigenvalue weighted by Gasteiger charge is -2.28. The third-order valence-electron chi connectivity index (χ3n) is 5.25. The van der Waals surface area contributed by atoms with E-state index in [1.54, 1.807) is 6.07 Å². The van der Waals surface area contributed by atoms with Crippen molar-refractivity contribution in [2.75, 3.05) is 36.5 Å². The van der Waals surface area contributed by atoms with E-state index in [2.05, 4.69) is 10.2 Å². The molecular formula is C24H24N2O5. The lowest BCUT2D eigenvalue weighted by atomic mass is 10.1. The molecule has 1 heterocycles. The number of benzene rings is 3. The van der Waals surface area contributed by atoms with E-state index in [0.717, 1.165) is 29.5 Å². The topological polar surface area (TPSA) is 88.1 Å². The van der Waals surface area contributed by atoms with Crippen LogP contribution in [0, 0.1) is 0 Å². The Bertz CT molecular complexity index is 1090. The highest BCUT2D eigenvalue weighted by Crippen LogP contribution is 2.26. The van der Waals surface area contributed by atoms with Crippen LogP contribution < -0.4 is 10.2 Å². The summed E-state index contributed by atoms with van der Waals surface area (Å²) in [6, 6.07) is 17.9. The highest BCUT2D eigenvalue weighted by Gasteiger charge is 2.22. The number of carbonyl (C=O) groups is 2. The predicted octanol–water partition coefficient (Wildman–Crippen LogP) is 3.57. The fourth-order valence-corrected chi connectivity index (χ4v) is 3.49. The molecule has 0 aromatic heterocycles. The number of fused-ring (bicyclic) bond motifs is 1. The first-order valence-electron chi connectivity index (χ1n) is 10.2. The molecule has 0 radical (unpaired) electrons. The van der Waals surface area contributed by atoms with Gasteiger partial charge in [-0.1, -0.05) is 24.3 Å². The van der Waals surface area contributed by atoms with Crippen molar-refractivity contribution in [3.05, 3.63) is 66.2 Å². The number of hydrogen-bond donors (Lipinski definition) is 2. The summed E-state index contributed by atoms with van der Waals surface area (Å²) >= 11 is 0. The normalized spacial score (nSPS) is 14.8. The first-order chi connectivity index (χ1) is 15.0. The maximum atomic E-state index is 12.5. The summed E-state index contributed by atoms with van der Waals surface area (Å²) < 4.78 is 10.6. The molecule has 0 spiro atoms. The molecule has 31 heavy (non-hydrogen) atoms. The largest absolute Gasteiger partial charge is 0.507 e. The summed E-state index contributed by atoms with van der Waals surface area (Å²) in [4.78, 5) is 27.2. The van der Waals surface area contributed by atoms with Crippen LogP contribution in [0.4, 0.5) is 11.4 Å². The van der Waals surface area contributed by atoms with Crippen LogP contribution in [0.25, 0.3) is 10.8 Å². The van der Waals surface area contributed by atoms with E-state index < -0.39 is 18.0 Å². The number of ether oxygens (including phenoxy) is 2. The van der Waals surface area contributed by atoms with Crippen LogP contribution in [0.1, 0.15) is 17.3 Å². The van der Waals surface area contributed by atoms with Crippen LogP contribution in [0.15, 0.2) is 60.7 Å². The highest BCUT2D eigenvalue weighted by molar-refractivity contribution is 6.01. The molecule has 3 aromatic carbocycles. The first kappa shape index (κ1) is 20.7. The molecule has 1 amide bonds. The molecule has 0 aliphatic carbocycles. The van der Waals surface area contributed by atoms with Crippen molar-refractivity contribution < 1.29 is 24.2 Å². The van der Waals surface area contributed by atoms with E-state index in [1.807, 2.05) is 48.5 Å². The molecule has 1 atom stereocenters. The Labute approximate surface area is 180 Å². The fourth-order valence-electron chi connectivity index (χ4n) is 3.49. The van der Waals surface area contributed by atoms with E-state index in [1.165, 1.54) is 13.0 Å². The number of carbonyl (C=O) groups excluding carboxylic acids is 2. The maximum Gasteiger partial charge on any atom is 0.342 e. The molecule has 4 rings (SSSR count). The molecule has 160 valence electrons. The summed E-state index contributed by atoms with van der Waals surface area (Å²) in [5.41, 5.74) is 1.69. The van der Waals surface area contributed by atoms with E-state index in [9.17, 15) is 14.7 Å². The zero-order valence-corrected chi connectivity index (χ0v) is 17.2. The second-order valence-electron chi connectivity index (χ2n) is 7.40. The van der Waals surface area contributed by atoms with Crippen LogP contribution >= 0.6 is 0 Å². The average molecular weight is 420 g/mol. The smallest absolute Gasteiger partial charge is 0.342 e. The third kappa shape index (κ3) is 4.78. The highest BCUT2D eigenvalue weighted by atomic mass is 16.5. The molecule has 0 bridgehead atoms. The number of nitrogens with zero attached hydrogens (tertiary/aromatic N) is 1. The van der Waals surface area contributed by atoms with Gasteiger partial charge in [0.1, 0.15) is 11.3 Å². The summed E-state index contributed by atoms with van der Waals surface area (Å²) in [6.07, 6.45) is -1.03. The molecule has 0 unspecified atom stereocenters. The van der Waals surface area contributed by atoms with Crippen molar-refractivity contribution in [2.45, 2.75) is 13.0 Å². The van der Waals surface area contributed by atoms with Gasteiger partial charge in [0.15, 0.2) is 6.10 Å². The van der Waals surface area contributed by atoms with Crippen molar-refractivity contribution in [3.8, 4) is 5.75 Å². The molecule has 2 N–H and O–H groups in total. The Kier molecular flexibility index (Phi) is 6.04. The van der Waals surface area contributed by atoms with E-state index >= 15 is 0 Å². The van der Waals surface area contributed by atoms with Crippen molar-refractivity contribution in [1.29, 1.82) is 0 Å². The minimum absolute atomic E-state index is 0.0215. The monoisotopic (exact) mass is 420 g/mol. The Morgan fingerprint density at radius 2 is 1.68 bits per heavy atom. The summed E-state index contributed by atoms with van der Waals surface area (Å²) in [6.45, 7) is 4.57. The van der Waals surface area contributed by atoms with Gasteiger partial charge in [-0.3, -0.25) is 4.79 Å². The van der Waals surface area contributed by atoms with Crippen LogP contribution in [0.2, 0.25) is 0 Å².